The molecule has 144 valence electrons. The predicted octanol–water partition coefficient (Wildman–Crippen LogP) is 3.73. The number of aromatic nitrogens is 1. The molecular formula is C22H22FN3O2. The van der Waals surface area contributed by atoms with Crippen LogP contribution < -0.4 is 5.32 Å². The van der Waals surface area contributed by atoms with Crippen molar-refractivity contribution in [3.05, 3.63) is 66.1 Å². The van der Waals surface area contributed by atoms with Crippen molar-refractivity contribution >= 4 is 28.4 Å². The van der Waals surface area contributed by atoms with Gasteiger partial charge >= 0.3 is 0 Å². The van der Waals surface area contributed by atoms with E-state index < -0.39 is 0 Å². The van der Waals surface area contributed by atoms with Crippen LogP contribution in [0.4, 0.5) is 10.1 Å². The maximum atomic E-state index is 13.0. The van der Waals surface area contributed by atoms with Crippen LogP contribution in [-0.4, -0.2) is 34.8 Å². The molecule has 1 aromatic heterocycles. The van der Waals surface area contributed by atoms with Crippen molar-refractivity contribution < 1.29 is 14.0 Å². The monoisotopic (exact) mass is 379 g/mol. The number of hydrogen-bond donors (Lipinski definition) is 2. The lowest BCUT2D eigenvalue weighted by Gasteiger charge is -2.31. The molecule has 0 unspecified atom stereocenters. The Kier molecular flexibility index (Phi) is 5.10. The van der Waals surface area contributed by atoms with Crippen LogP contribution in [0.1, 0.15) is 18.4 Å². The van der Waals surface area contributed by atoms with Crippen LogP contribution in [0.3, 0.4) is 0 Å². The molecule has 0 aliphatic carbocycles. The number of fused-ring (bicyclic) bond motifs is 1. The van der Waals surface area contributed by atoms with Gasteiger partial charge in [0.05, 0.1) is 6.42 Å². The fourth-order valence-corrected chi connectivity index (χ4v) is 3.72. The number of halogens is 1. The third-order valence-corrected chi connectivity index (χ3v) is 5.35. The zero-order chi connectivity index (χ0) is 19.5. The molecule has 4 rings (SSSR count). The number of anilines is 1. The summed E-state index contributed by atoms with van der Waals surface area (Å²) in [6.07, 6.45) is 3.52. The Morgan fingerprint density at radius 2 is 1.79 bits per heavy atom. The van der Waals surface area contributed by atoms with Crippen molar-refractivity contribution in [2.75, 3.05) is 18.4 Å². The first-order chi connectivity index (χ1) is 13.6. The number of nitrogens with zero attached hydrogens (tertiary/aromatic N) is 1. The van der Waals surface area contributed by atoms with Crippen LogP contribution in [0.25, 0.3) is 10.9 Å². The minimum absolute atomic E-state index is 0.0738. The zero-order valence-corrected chi connectivity index (χ0v) is 15.5. The normalized spacial score (nSPS) is 15.0. The van der Waals surface area contributed by atoms with Crippen molar-refractivity contribution in [2.45, 2.75) is 19.3 Å². The number of nitrogens with one attached hydrogen (secondary N) is 2. The number of rotatable bonds is 4. The van der Waals surface area contributed by atoms with E-state index in [1.54, 1.807) is 12.1 Å². The molecule has 0 radical (unpaired) electrons. The van der Waals surface area contributed by atoms with Gasteiger partial charge in [-0.05, 0) is 48.7 Å². The van der Waals surface area contributed by atoms with E-state index in [1.807, 2.05) is 35.4 Å². The highest BCUT2D eigenvalue weighted by atomic mass is 19.1. The maximum Gasteiger partial charge on any atom is 0.227 e. The zero-order valence-electron chi connectivity index (χ0n) is 15.5. The average Bonchev–Trinajstić information content (AvgIpc) is 3.13. The SMILES string of the molecule is O=C(Nc1ccc(F)cc1)C1CCN(C(=O)Cc2c[nH]c3ccccc23)CC1. The Morgan fingerprint density at radius 1 is 1.07 bits per heavy atom. The molecule has 2 amide bonds. The average molecular weight is 379 g/mol. The number of likely N-dealkylation sites (tertiary alicyclic amines) is 1. The Morgan fingerprint density at radius 3 is 2.54 bits per heavy atom. The number of benzene rings is 2. The van der Waals surface area contributed by atoms with E-state index in [0.717, 1.165) is 16.5 Å². The number of carbonyl (C=O) groups is 2. The predicted molar refractivity (Wildman–Crippen MR) is 106 cm³/mol. The van der Waals surface area contributed by atoms with Crippen molar-refractivity contribution in [1.82, 2.24) is 9.88 Å². The summed E-state index contributed by atoms with van der Waals surface area (Å²) in [5.74, 6) is -0.459. The topological polar surface area (TPSA) is 65.2 Å². The summed E-state index contributed by atoms with van der Waals surface area (Å²) < 4.78 is 13.0. The van der Waals surface area contributed by atoms with Crippen LogP contribution in [0, 0.1) is 11.7 Å². The molecule has 3 aromatic rings. The van der Waals surface area contributed by atoms with Crippen LogP contribution in [0.2, 0.25) is 0 Å². The number of amides is 2. The molecule has 0 bridgehead atoms. The Hall–Kier alpha value is -3.15. The molecule has 6 heteroatoms. The summed E-state index contributed by atoms with van der Waals surface area (Å²) in [6.45, 7) is 1.14. The van der Waals surface area contributed by atoms with Gasteiger partial charge in [0.15, 0.2) is 0 Å². The Bertz CT molecular complexity index is 988. The summed E-state index contributed by atoms with van der Waals surface area (Å²) in [6, 6.07) is 13.7. The van der Waals surface area contributed by atoms with Crippen LogP contribution in [0.15, 0.2) is 54.7 Å². The summed E-state index contributed by atoms with van der Waals surface area (Å²) >= 11 is 0. The molecule has 2 heterocycles. The minimum Gasteiger partial charge on any atom is -0.361 e. The summed E-state index contributed by atoms with van der Waals surface area (Å²) in [5, 5.41) is 3.90. The smallest absolute Gasteiger partial charge is 0.227 e. The first-order valence-corrected chi connectivity index (χ1v) is 9.49. The highest BCUT2D eigenvalue weighted by Gasteiger charge is 2.27. The largest absolute Gasteiger partial charge is 0.361 e. The second-order valence-corrected chi connectivity index (χ2v) is 7.19. The van der Waals surface area contributed by atoms with Crippen LogP contribution in [-0.2, 0) is 16.0 Å². The molecule has 0 spiro atoms. The first-order valence-electron chi connectivity index (χ1n) is 9.49. The van der Waals surface area contributed by atoms with Gasteiger partial charge in [0, 0.05) is 41.8 Å². The van der Waals surface area contributed by atoms with Gasteiger partial charge in [0.1, 0.15) is 5.82 Å². The highest BCUT2D eigenvalue weighted by molar-refractivity contribution is 5.93. The van der Waals surface area contributed by atoms with Gasteiger partial charge in [-0.2, -0.15) is 0 Å². The highest BCUT2D eigenvalue weighted by Crippen LogP contribution is 2.22. The lowest BCUT2D eigenvalue weighted by atomic mass is 9.95. The molecule has 2 aromatic carbocycles. The second-order valence-electron chi connectivity index (χ2n) is 7.19. The summed E-state index contributed by atoms with van der Waals surface area (Å²) in [4.78, 5) is 30.1. The third-order valence-electron chi connectivity index (χ3n) is 5.35. The Labute approximate surface area is 162 Å². The van der Waals surface area contributed by atoms with Gasteiger partial charge in [-0.25, -0.2) is 4.39 Å². The van der Waals surface area contributed by atoms with E-state index in [0.29, 0.717) is 38.0 Å². The molecule has 1 aliphatic heterocycles. The Balaban J connectivity index is 1.31. The van der Waals surface area contributed by atoms with Crippen molar-refractivity contribution in [3.63, 3.8) is 0 Å². The van der Waals surface area contributed by atoms with Crippen molar-refractivity contribution in [2.24, 2.45) is 5.92 Å². The van der Waals surface area contributed by atoms with E-state index in [2.05, 4.69) is 10.3 Å². The van der Waals surface area contributed by atoms with Crippen LogP contribution in [0.5, 0.6) is 0 Å². The van der Waals surface area contributed by atoms with E-state index in [1.165, 1.54) is 12.1 Å². The van der Waals surface area contributed by atoms with Gasteiger partial charge in [-0.3, -0.25) is 9.59 Å². The standard InChI is InChI=1S/C22H22FN3O2/c23-17-5-7-18(8-6-17)25-22(28)15-9-11-26(12-10-15)21(27)13-16-14-24-20-4-2-1-3-19(16)20/h1-8,14-15,24H,9-13H2,(H,25,28). The molecular weight excluding hydrogens is 357 g/mol. The minimum atomic E-state index is -0.333. The molecule has 28 heavy (non-hydrogen) atoms. The fraction of sp³-hybridized carbons (Fsp3) is 0.273. The first kappa shape index (κ1) is 18.2. The quantitative estimate of drug-likeness (QED) is 0.726. The number of H-pyrrole nitrogens is 1. The van der Waals surface area contributed by atoms with E-state index in [9.17, 15) is 14.0 Å². The fourth-order valence-electron chi connectivity index (χ4n) is 3.72. The molecule has 1 fully saturated rings. The molecule has 1 aliphatic rings. The van der Waals surface area contributed by atoms with Gasteiger partial charge in [-0.1, -0.05) is 18.2 Å². The van der Waals surface area contributed by atoms with Crippen molar-refractivity contribution in [3.8, 4) is 0 Å². The lowest BCUT2D eigenvalue weighted by molar-refractivity contribution is -0.133. The summed E-state index contributed by atoms with van der Waals surface area (Å²) in [7, 11) is 0. The molecule has 0 saturated carbocycles. The van der Waals surface area contributed by atoms with Crippen LogP contribution >= 0.6 is 0 Å². The molecule has 2 N–H and O–H groups in total. The molecule has 5 nitrogen and oxygen atoms in total. The van der Waals surface area contributed by atoms with E-state index in [-0.39, 0.29) is 23.5 Å². The van der Waals surface area contributed by atoms with Gasteiger partial charge in [0.25, 0.3) is 0 Å². The molecule has 1 saturated heterocycles. The van der Waals surface area contributed by atoms with Gasteiger partial charge in [0.2, 0.25) is 11.8 Å². The van der Waals surface area contributed by atoms with Gasteiger partial charge < -0.3 is 15.2 Å². The number of hydrogen-bond acceptors (Lipinski definition) is 2. The lowest BCUT2D eigenvalue weighted by Crippen LogP contribution is -2.42. The number of para-hydroxylation sites is 1. The van der Waals surface area contributed by atoms with Gasteiger partial charge in [-0.15, -0.1) is 0 Å². The van der Waals surface area contributed by atoms with E-state index in [4.69, 9.17) is 0 Å². The third kappa shape index (κ3) is 3.91. The number of carbonyl (C=O) groups excluding carboxylic acids is 2. The number of piperidine rings is 1. The summed E-state index contributed by atoms with van der Waals surface area (Å²) in [5.41, 5.74) is 2.61. The van der Waals surface area contributed by atoms with E-state index >= 15 is 0 Å². The maximum absolute atomic E-state index is 13.0. The number of aromatic amines is 1. The second kappa shape index (κ2) is 7.84. The van der Waals surface area contributed by atoms with Crippen molar-refractivity contribution in [1.29, 1.82) is 0 Å². The molecule has 0 atom stereocenters.